The Bertz CT molecular complexity index is 384. The van der Waals surface area contributed by atoms with Crippen molar-refractivity contribution in [3.63, 3.8) is 0 Å². The lowest BCUT2D eigenvalue weighted by Crippen LogP contribution is -2.35. The summed E-state index contributed by atoms with van der Waals surface area (Å²) in [5.41, 5.74) is 2.51. The monoisotopic (exact) mass is 217 g/mol. The van der Waals surface area contributed by atoms with Crippen molar-refractivity contribution < 1.29 is 5.11 Å². The van der Waals surface area contributed by atoms with Gasteiger partial charge in [0.15, 0.2) is 0 Å². The van der Waals surface area contributed by atoms with E-state index in [9.17, 15) is 5.11 Å². The lowest BCUT2D eigenvalue weighted by Gasteiger charge is -2.26. The van der Waals surface area contributed by atoms with E-state index in [4.69, 9.17) is 0 Å². The highest BCUT2D eigenvalue weighted by Crippen LogP contribution is 2.30. The van der Waals surface area contributed by atoms with Crippen molar-refractivity contribution >= 4 is 0 Å². The standard InChI is InChI=1S/C14H19NO/c16-14-3-1-2-11-6-7-12(8-13(11)14)15-9-10-4-5-10/h1-3,10,12,15-16H,4-9H2. The molecule has 1 aromatic carbocycles. The van der Waals surface area contributed by atoms with Gasteiger partial charge in [-0.25, -0.2) is 0 Å². The van der Waals surface area contributed by atoms with E-state index in [1.807, 2.05) is 12.1 Å². The molecule has 2 aliphatic carbocycles. The van der Waals surface area contributed by atoms with E-state index >= 15 is 0 Å². The van der Waals surface area contributed by atoms with Gasteiger partial charge in [0.1, 0.15) is 5.75 Å². The van der Waals surface area contributed by atoms with Gasteiger partial charge in [0.05, 0.1) is 0 Å². The van der Waals surface area contributed by atoms with E-state index < -0.39 is 0 Å². The number of rotatable bonds is 3. The van der Waals surface area contributed by atoms with Crippen molar-refractivity contribution in [2.75, 3.05) is 6.54 Å². The van der Waals surface area contributed by atoms with Gasteiger partial charge in [-0.2, -0.15) is 0 Å². The molecular weight excluding hydrogens is 198 g/mol. The van der Waals surface area contributed by atoms with Crippen molar-refractivity contribution in [1.29, 1.82) is 0 Å². The fraction of sp³-hybridized carbons (Fsp3) is 0.571. The van der Waals surface area contributed by atoms with Gasteiger partial charge in [-0.15, -0.1) is 0 Å². The van der Waals surface area contributed by atoms with E-state index in [2.05, 4.69) is 11.4 Å². The smallest absolute Gasteiger partial charge is 0.119 e. The molecule has 86 valence electrons. The zero-order valence-electron chi connectivity index (χ0n) is 9.58. The van der Waals surface area contributed by atoms with Crippen molar-refractivity contribution in [2.45, 2.75) is 38.1 Å². The number of hydrogen-bond acceptors (Lipinski definition) is 2. The normalized spacial score (nSPS) is 24.1. The second-order valence-corrected chi connectivity index (χ2v) is 5.21. The van der Waals surface area contributed by atoms with Crippen molar-refractivity contribution in [2.24, 2.45) is 5.92 Å². The SMILES string of the molecule is Oc1cccc2c1CC(NCC1CC1)CC2. The molecule has 2 aliphatic rings. The second kappa shape index (κ2) is 4.10. The minimum atomic E-state index is 0.482. The number of hydrogen-bond donors (Lipinski definition) is 2. The van der Waals surface area contributed by atoms with Gasteiger partial charge >= 0.3 is 0 Å². The molecule has 2 N–H and O–H groups in total. The zero-order chi connectivity index (χ0) is 11.0. The van der Waals surface area contributed by atoms with Gasteiger partial charge in [0, 0.05) is 6.04 Å². The molecular formula is C14H19NO. The zero-order valence-corrected chi connectivity index (χ0v) is 9.58. The van der Waals surface area contributed by atoms with Crippen LogP contribution in [-0.4, -0.2) is 17.7 Å². The summed E-state index contributed by atoms with van der Waals surface area (Å²) < 4.78 is 0. The molecule has 0 amide bonds. The van der Waals surface area contributed by atoms with E-state index in [0.29, 0.717) is 11.8 Å². The first-order valence-corrected chi connectivity index (χ1v) is 6.36. The first-order chi connectivity index (χ1) is 7.83. The first-order valence-electron chi connectivity index (χ1n) is 6.36. The minimum absolute atomic E-state index is 0.482. The fourth-order valence-corrected chi connectivity index (χ4v) is 2.60. The van der Waals surface area contributed by atoms with Gasteiger partial charge < -0.3 is 10.4 Å². The molecule has 1 atom stereocenters. The maximum absolute atomic E-state index is 9.84. The molecule has 1 fully saturated rings. The fourth-order valence-electron chi connectivity index (χ4n) is 2.60. The van der Waals surface area contributed by atoms with Gasteiger partial charge in [0.25, 0.3) is 0 Å². The van der Waals surface area contributed by atoms with Gasteiger partial charge in [-0.3, -0.25) is 0 Å². The predicted octanol–water partition coefficient (Wildman–Crippen LogP) is 2.25. The number of aryl methyl sites for hydroxylation is 1. The van der Waals surface area contributed by atoms with Crippen LogP contribution in [0.4, 0.5) is 0 Å². The molecule has 2 heteroatoms. The summed E-state index contributed by atoms with van der Waals surface area (Å²) in [6.45, 7) is 1.17. The van der Waals surface area contributed by atoms with Crippen molar-refractivity contribution in [1.82, 2.24) is 5.32 Å². The Balaban J connectivity index is 1.67. The van der Waals surface area contributed by atoms with Crippen LogP contribution in [0.5, 0.6) is 5.75 Å². The summed E-state index contributed by atoms with van der Waals surface area (Å²) in [5, 5.41) is 13.5. The number of benzene rings is 1. The number of phenolic OH excluding ortho intramolecular Hbond substituents is 1. The van der Waals surface area contributed by atoms with Crippen LogP contribution in [0.15, 0.2) is 18.2 Å². The number of phenols is 1. The summed E-state index contributed by atoms with van der Waals surface area (Å²) in [7, 11) is 0. The number of fused-ring (bicyclic) bond motifs is 1. The van der Waals surface area contributed by atoms with Crippen LogP contribution in [0.2, 0.25) is 0 Å². The second-order valence-electron chi connectivity index (χ2n) is 5.21. The summed E-state index contributed by atoms with van der Waals surface area (Å²) in [5.74, 6) is 1.42. The van der Waals surface area contributed by atoms with Crippen LogP contribution in [-0.2, 0) is 12.8 Å². The Morgan fingerprint density at radius 2 is 2.12 bits per heavy atom. The lowest BCUT2D eigenvalue weighted by molar-refractivity contribution is 0.422. The molecule has 2 nitrogen and oxygen atoms in total. The summed E-state index contributed by atoms with van der Waals surface area (Å²) >= 11 is 0. The Morgan fingerprint density at radius 1 is 1.25 bits per heavy atom. The first kappa shape index (κ1) is 10.2. The largest absolute Gasteiger partial charge is 0.508 e. The van der Waals surface area contributed by atoms with Crippen LogP contribution < -0.4 is 5.32 Å². The molecule has 0 heterocycles. The van der Waals surface area contributed by atoms with Crippen LogP contribution in [0, 0.1) is 5.92 Å². The molecule has 0 bridgehead atoms. The molecule has 16 heavy (non-hydrogen) atoms. The highest BCUT2D eigenvalue weighted by atomic mass is 16.3. The maximum Gasteiger partial charge on any atom is 0.119 e. The molecule has 0 aromatic heterocycles. The quantitative estimate of drug-likeness (QED) is 0.814. The Morgan fingerprint density at radius 3 is 2.94 bits per heavy atom. The van der Waals surface area contributed by atoms with Crippen LogP contribution in [0.3, 0.4) is 0 Å². The molecule has 1 aromatic rings. The number of aromatic hydroxyl groups is 1. The van der Waals surface area contributed by atoms with Gasteiger partial charge in [-0.1, -0.05) is 12.1 Å². The average molecular weight is 217 g/mol. The van der Waals surface area contributed by atoms with Crippen molar-refractivity contribution in [3.05, 3.63) is 29.3 Å². The van der Waals surface area contributed by atoms with E-state index in [1.165, 1.54) is 36.9 Å². The summed E-state index contributed by atoms with van der Waals surface area (Å²) in [6, 6.07) is 6.47. The molecule has 3 rings (SSSR count). The molecule has 1 saturated carbocycles. The maximum atomic E-state index is 9.84. The Kier molecular flexibility index (Phi) is 2.60. The minimum Gasteiger partial charge on any atom is -0.508 e. The Labute approximate surface area is 96.7 Å². The van der Waals surface area contributed by atoms with Crippen molar-refractivity contribution in [3.8, 4) is 5.75 Å². The third-order valence-corrected chi connectivity index (χ3v) is 3.85. The van der Waals surface area contributed by atoms with Crippen LogP contribution in [0.1, 0.15) is 30.4 Å². The molecule has 0 radical (unpaired) electrons. The van der Waals surface area contributed by atoms with E-state index in [0.717, 1.165) is 18.8 Å². The van der Waals surface area contributed by atoms with E-state index in [1.54, 1.807) is 0 Å². The number of nitrogens with one attached hydrogen (secondary N) is 1. The van der Waals surface area contributed by atoms with Crippen LogP contribution in [0.25, 0.3) is 0 Å². The molecule has 1 unspecified atom stereocenters. The summed E-state index contributed by atoms with van der Waals surface area (Å²) in [4.78, 5) is 0. The highest BCUT2D eigenvalue weighted by molar-refractivity contribution is 5.41. The molecule has 0 spiro atoms. The lowest BCUT2D eigenvalue weighted by atomic mass is 9.87. The highest BCUT2D eigenvalue weighted by Gasteiger charge is 2.25. The third kappa shape index (κ3) is 2.07. The van der Waals surface area contributed by atoms with Gasteiger partial charge in [0.2, 0.25) is 0 Å². The average Bonchev–Trinajstić information content (AvgIpc) is 3.11. The van der Waals surface area contributed by atoms with Crippen LogP contribution >= 0.6 is 0 Å². The Hall–Kier alpha value is -1.02. The predicted molar refractivity (Wildman–Crippen MR) is 64.6 cm³/mol. The third-order valence-electron chi connectivity index (χ3n) is 3.85. The summed E-state index contributed by atoms with van der Waals surface area (Å²) in [6.07, 6.45) is 6.12. The topological polar surface area (TPSA) is 32.3 Å². The molecule has 0 saturated heterocycles. The molecule has 0 aliphatic heterocycles. The van der Waals surface area contributed by atoms with E-state index in [-0.39, 0.29) is 0 Å². The van der Waals surface area contributed by atoms with Gasteiger partial charge in [-0.05, 0) is 61.8 Å².